The van der Waals surface area contributed by atoms with Gasteiger partial charge in [0, 0.05) is 25.8 Å². The van der Waals surface area contributed by atoms with Crippen LogP contribution in [0.5, 0.6) is 17.2 Å². The molecule has 28 heavy (non-hydrogen) atoms. The number of likely N-dealkylation sites (N-methyl/N-ethyl adjacent to an activating group) is 1. The molecule has 9 heteroatoms. The number of halogens is 2. The monoisotopic (exact) mass is 394 g/mol. The summed E-state index contributed by atoms with van der Waals surface area (Å²) >= 11 is 0. The predicted molar refractivity (Wildman–Crippen MR) is 98.2 cm³/mol. The Hall–Kier alpha value is -3.36. The van der Waals surface area contributed by atoms with Gasteiger partial charge in [-0.3, -0.25) is 9.59 Å². The molecule has 0 fully saturated rings. The highest BCUT2D eigenvalue weighted by Crippen LogP contribution is 2.32. The summed E-state index contributed by atoms with van der Waals surface area (Å²) in [5.41, 5.74) is 0.404. The van der Waals surface area contributed by atoms with E-state index >= 15 is 0 Å². The zero-order valence-electron chi connectivity index (χ0n) is 15.6. The van der Waals surface area contributed by atoms with Crippen LogP contribution in [0.1, 0.15) is 10.4 Å². The second kappa shape index (κ2) is 9.54. The third-order valence-corrected chi connectivity index (χ3v) is 3.62. The van der Waals surface area contributed by atoms with Crippen LogP contribution in [0, 0.1) is 0 Å². The predicted octanol–water partition coefficient (Wildman–Crippen LogP) is 3.02. The van der Waals surface area contributed by atoms with Gasteiger partial charge in [0.15, 0.2) is 18.1 Å². The summed E-state index contributed by atoms with van der Waals surface area (Å²) in [5, 5.41) is 2.58. The number of nitrogens with zero attached hydrogens (tertiary/aromatic N) is 1. The van der Waals surface area contributed by atoms with Gasteiger partial charge in [-0.15, -0.1) is 0 Å². The molecule has 0 bridgehead atoms. The number of ether oxygens (including phenoxy) is 3. The minimum Gasteiger partial charge on any atom is -0.493 e. The van der Waals surface area contributed by atoms with Crippen LogP contribution in [-0.4, -0.2) is 51.1 Å². The summed E-state index contributed by atoms with van der Waals surface area (Å²) in [6.45, 7) is -3.27. The van der Waals surface area contributed by atoms with E-state index in [1.807, 2.05) is 0 Å². The fourth-order valence-corrected chi connectivity index (χ4v) is 2.19. The van der Waals surface area contributed by atoms with Crippen LogP contribution < -0.4 is 19.5 Å². The number of hydrogen-bond donors (Lipinski definition) is 1. The zero-order chi connectivity index (χ0) is 20.7. The molecule has 2 aromatic rings. The van der Waals surface area contributed by atoms with Gasteiger partial charge in [-0.1, -0.05) is 12.1 Å². The van der Waals surface area contributed by atoms with Crippen LogP contribution in [-0.2, 0) is 4.79 Å². The smallest absolute Gasteiger partial charge is 0.387 e. The second-order valence-electron chi connectivity index (χ2n) is 5.77. The normalized spacial score (nSPS) is 10.4. The topological polar surface area (TPSA) is 77.1 Å². The number of alkyl halides is 2. The molecule has 0 aliphatic carbocycles. The number of nitrogens with one attached hydrogen (secondary N) is 1. The Morgan fingerprint density at radius 1 is 1.07 bits per heavy atom. The Bertz CT molecular complexity index is 843. The van der Waals surface area contributed by atoms with Gasteiger partial charge in [0.1, 0.15) is 5.75 Å². The van der Waals surface area contributed by atoms with Crippen LogP contribution in [0.3, 0.4) is 0 Å². The minimum atomic E-state index is -3.04. The Labute approximate surface area is 160 Å². The third kappa shape index (κ3) is 5.57. The van der Waals surface area contributed by atoms with E-state index in [0.29, 0.717) is 0 Å². The SMILES string of the molecule is COc1ccc(NC(=O)c2ccccc2OCC(=O)N(C)C)cc1OC(F)F. The first-order chi connectivity index (χ1) is 13.3. The number of para-hydroxylation sites is 1. The van der Waals surface area contributed by atoms with Crippen LogP contribution in [0.4, 0.5) is 14.5 Å². The first-order valence-corrected chi connectivity index (χ1v) is 8.18. The fourth-order valence-electron chi connectivity index (χ4n) is 2.19. The summed E-state index contributed by atoms with van der Waals surface area (Å²) < 4.78 is 39.9. The third-order valence-electron chi connectivity index (χ3n) is 3.62. The van der Waals surface area contributed by atoms with Gasteiger partial charge < -0.3 is 24.4 Å². The van der Waals surface area contributed by atoms with Crippen molar-refractivity contribution >= 4 is 17.5 Å². The average Bonchev–Trinajstić information content (AvgIpc) is 2.66. The Morgan fingerprint density at radius 2 is 1.79 bits per heavy atom. The van der Waals surface area contributed by atoms with Crippen molar-refractivity contribution in [3.63, 3.8) is 0 Å². The van der Waals surface area contributed by atoms with Gasteiger partial charge in [0.25, 0.3) is 11.8 Å². The van der Waals surface area contributed by atoms with Crippen LogP contribution in [0.15, 0.2) is 42.5 Å². The minimum absolute atomic E-state index is 0.101. The van der Waals surface area contributed by atoms with E-state index in [1.165, 1.54) is 36.3 Å². The van der Waals surface area contributed by atoms with Gasteiger partial charge in [-0.25, -0.2) is 0 Å². The molecule has 150 valence electrons. The number of hydrogen-bond acceptors (Lipinski definition) is 5. The van der Waals surface area contributed by atoms with E-state index in [4.69, 9.17) is 9.47 Å². The summed E-state index contributed by atoms with van der Waals surface area (Å²) in [4.78, 5) is 25.6. The number of carbonyl (C=O) groups excluding carboxylic acids is 2. The number of amides is 2. The molecular formula is C19H20F2N2O5. The lowest BCUT2D eigenvalue weighted by atomic mass is 10.1. The number of anilines is 1. The molecular weight excluding hydrogens is 374 g/mol. The van der Waals surface area contributed by atoms with Crippen LogP contribution in [0.25, 0.3) is 0 Å². The van der Waals surface area contributed by atoms with Crippen molar-refractivity contribution < 1.29 is 32.6 Å². The highest BCUT2D eigenvalue weighted by Gasteiger charge is 2.16. The van der Waals surface area contributed by atoms with Crippen molar-refractivity contribution in [3.05, 3.63) is 48.0 Å². The molecule has 0 unspecified atom stereocenters. The maximum absolute atomic E-state index is 12.6. The maximum Gasteiger partial charge on any atom is 0.387 e. The van der Waals surface area contributed by atoms with Crippen molar-refractivity contribution in [2.24, 2.45) is 0 Å². The average molecular weight is 394 g/mol. The number of benzene rings is 2. The number of carbonyl (C=O) groups is 2. The summed E-state index contributed by atoms with van der Waals surface area (Å²) in [5.74, 6) is -0.700. The van der Waals surface area contributed by atoms with E-state index in [-0.39, 0.29) is 41.0 Å². The second-order valence-corrected chi connectivity index (χ2v) is 5.77. The van der Waals surface area contributed by atoms with Crippen molar-refractivity contribution in [1.82, 2.24) is 4.90 Å². The van der Waals surface area contributed by atoms with Crippen LogP contribution >= 0.6 is 0 Å². The molecule has 0 saturated heterocycles. The van der Waals surface area contributed by atoms with E-state index in [9.17, 15) is 18.4 Å². The summed E-state index contributed by atoms with van der Waals surface area (Å²) in [6.07, 6.45) is 0. The van der Waals surface area contributed by atoms with Crippen molar-refractivity contribution in [3.8, 4) is 17.2 Å². The van der Waals surface area contributed by atoms with Crippen molar-refractivity contribution in [1.29, 1.82) is 0 Å². The molecule has 0 aliphatic heterocycles. The molecule has 2 amide bonds. The van der Waals surface area contributed by atoms with Crippen LogP contribution in [0.2, 0.25) is 0 Å². The van der Waals surface area contributed by atoms with Gasteiger partial charge in [-0.2, -0.15) is 8.78 Å². The van der Waals surface area contributed by atoms with E-state index < -0.39 is 12.5 Å². The molecule has 0 radical (unpaired) electrons. The summed E-state index contributed by atoms with van der Waals surface area (Å²) in [6, 6.07) is 10.5. The summed E-state index contributed by atoms with van der Waals surface area (Å²) in [7, 11) is 4.49. The van der Waals surface area contributed by atoms with Crippen molar-refractivity contribution in [2.75, 3.05) is 33.1 Å². The van der Waals surface area contributed by atoms with E-state index in [0.717, 1.165) is 0 Å². The standard InChI is InChI=1S/C19H20F2N2O5/c1-23(2)17(24)11-27-14-7-5-4-6-13(14)18(25)22-12-8-9-15(26-3)16(10-12)28-19(20)21/h4-10,19H,11H2,1-3H3,(H,22,25). The molecule has 0 atom stereocenters. The molecule has 2 aromatic carbocycles. The molecule has 0 heterocycles. The van der Waals surface area contributed by atoms with Gasteiger partial charge >= 0.3 is 6.61 Å². The largest absolute Gasteiger partial charge is 0.493 e. The first-order valence-electron chi connectivity index (χ1n) is 8.18. The molecule has 0 aromatic heterocycles. The molecule has 0 saturated carbocycles. The molecule has 0 aliphatic rings. The molecule has 2 rings (SSSR count). The lowest BCUT2D eigenvalue weighted by Crippen LogP contribution is -2.28. The quantitative estimate of drug-likeness (QED) is 0.745. The van der Waals surface area contributed by atoms with Gasteiger partial charge in [0.2, 0.25) is 0 Å². The zero-order valence-corrected chi connectivity index (χ0v) is 15.6. The Kier molecular flexibility index (Phi) is 7.14. The number of rotatable bonds is 8. The Balaban J connectivity index is 2.18. The van der Waals surface area contributed by atoms with Gasteiger partial charge in [-0.05, 0) is 24.3 Å². The molecule has 1 N–H and O–H groups in total. The maximum atomic E-state index is 12.6. The Morgan fingerprint density at radius 3 is 2.43 bits per heavy atom. The van der Waals surface area contributed by atoms with E-state index in [1.54, 1.807) is 32.3 Å². The lowest BCUT2D eigenvalue weighted by molar-refractivity contribution is -0.130. The highest BCUT2D eigenvalue weighted by molar-refractivity contribution is 6.06. The first kappa shape index (κ1) is 20.9. The molecule has 0 spiro atoms. The fraction of sp³-hybridized carbons (Fsp3) is 0.263. The highest BCUT2D eigenvalue weighted by atomic mass is 19.3. The lowest BCUT2D eigenvalue weighted by Gasteiger charge is -2.15. The van der Waals surface area contributed by atoms with Gasteiger partial charge in [0.05, 0.1) is 12.7 Å². The molecule has 7 nitrogen and oxygen atoms in total. The number of methoxy groups -OCH3 is 1. The van der Waals surface area contributed by atoms with Crippen molar-refractivity contribution in [2.45, 2.75) is 6.61 Å². The van der Waals surface area contributed by atoms with E-state index in [2.05, 4.69) is 10.1 Å².